The van der Waals surface area contributed by atoms with Crippen molar-refractivity contribution < 1.29 is 4.79 Å². The lowest BCUT2D eigenvalue weighted by Gasteiger charge is -1.93. The second-order valence-corrected chi connectivity index (χ2v) is 1.69. The summed E-state index contributed by atoms with van der Waals surface area (Å²) in [6.45, 7) is 3.38. The molecule has 0 rings (SSSR count). The summed E-state index contributed by atoms with van der Waals surface area (Å²) in [5, 5.41) is 2.84. The van der Waals surface area contributed by atoms with Gasteiger partial charge in [0.05, 0.1) is 0 Å². The molecule has 2 nitrogen and oxygen atoms in total. The minimum atomic E-state index is 0.0804. The summed E-state index contributed by atoms with van der Waals surface area (Å²) in [5.41, 5.74) is 0.900. The van der Waals surface area contributed by atoms with Gasteiger partial charge in [0.1, 0.15) is 0 Å². The summed E-state index contributed by atoms with van der Waals surface area (Å²) in [4.78, 5) is 10.3. The van der Waals surface area contributed by atoms with Gasteiger partial charge in [-0.25, -0.2) is 0 Å². The van der Waals surface area contributed by atoms with Crippen molar-refractivity contribution in [3.05, 3.63) is 11.8 Å². The van der Waals surface area contributed by atoms with Crippen LogP contribution in [0.25, 0.3) is 0 Å². The van der Waals surface area contributed by atoms with Gasteiger partial charge in [-0.2, -0.15) is 0 Å². The molecule has 0 heterocycles. The largest absolute Gasteiger partial charge is 0.392 e. The molecule has 0 spiro atoms. The van der Waals surface area contributed by atoms with Crippen LogP contribution in [0.5, 0.6) is 0 Å². The predicted octanol–water partition coefficient (Wildman–Crippen LogP) is 0.699. The molecule has 0 amide bonds. The average Bonchev–Trinajstić information content (AvgIpc) is 1.65. The molecule has 0 aliphatic rings. The quantitative estimate of drug-likeness (QED) is 0.534. The van der Waals surface area contributed by atoms with Crippen molar-refractivity contribution >= 4 is 5.78 Å². The molecule has 0 fully saturated rings. The van der Waals surface area contributed by atoms with E-state index >= 15 is 0 Å². The minimum absolute atomic E-state index is 0.0804. The summed E-state index contributed by atoms with van der Waals surface area (Å²) < 4.78 is 0. The van der Waals surface area contributed by atoms with Crippen molar-refractivity contribution in [1.29, 1.82) is 0 Å². The fourth-order valence-electron chi connectivity index (χ4n) is 0.377. The van der Waals surface area contributed by atoms with E-state index in [-0.39, 0.29) is 5.78 Å². The van der Waals surface area contributed by atoms with Gasteiger partial charge in [-0.05, 0) is 19.9 Å². The zero-order valence-electron chi connectivity index (χ0n) is 5.49. The minimum Gasteiger partial charge on any atom is -0.392 e. The Morgan fingerprint density at radius 2 is 2.00 bits per heavy atom. The van der Waals surface area contributed by atoms with Gasteiger partial charge in [0.2, 0.25) is 0 Å². The van der Waals surface area contributed by atoms with Crippen LogP contribution in [-0.2, 0) is 4.79 Å². The maximum atomic E-state index is 10.3. The standard InChI is InChI=1S/C6H11NO/c1-5(7-3)4-6(2)8/h4,7H,1-3H3. The molecule has 0 bridgehead atoms. The van der Waals surface area contributed by atoms with Crippen LogP contribution in [-0.4, -0.2) is 12.8 Å². The van der Waals surface area contributed by atoms with Crippen LogP contribution in [0.2, 0.25) is 0 Å². The van der Waals surface area contributed by atoms with E-state index in [9.17, 15) is 4.79 Å². The Labute approximate surface area is 49.6 Å². The Morgan fingerprint density at radius 1 is 1.50 bits per heavy atom. The SMILES string of the molecule is CNC(C)=CC(C)=O. The molecule has 0 aliphatic heterocycles. The molecule has 0 saturated heterocycles. The topological polar surface area (TPSA) is 29.1 Å². The van der Waals surface area contributed by atoms with Crippen molar-refractivity contribution in [3.63, 3.8) is 0 Å². The van der Waals surface area contributed by atoms with Gasteiger partial charge in [0, 0.05) is 12.7 Å². The maximum absolute atomic E-state index is 10.3. The second kappa shape index (κ2) is 3.24. The number of carbonyl (C=O) groups is 1. The van der Waals surface area contributed by atoms with Crippen LogP contribution in [0.3, 0.4) is 0 Å². The Kier molecular flexibility index (Phi) is 2.92. The van der Waals surface area contributed by atoms with Crippen molar-refractivity contribution in [2.24, 2.45) is 0 Å². The maximum Gasteiger partial charge on any atom is 0.154 e. The lowest BCUT2D eigenvalue weighted by Crippen LogP contribution is -2.02. The Bertz CT molecular complexity index is 116. The lowest BCUT2D eigenvalue weighted by molar-refractivity contribution is -0.112. The lowest BCUT2D eigenvalue weighted by atomic mass is 10.3. The van der Waals surface area contributed by atoms with E-state index < -0.39 is 0 Å². The van der Waals surface area contributed by atoms with E-state index in [0.717, 1.165) is 5.70 Å². The van der Waals surface area contributed by atoms with Gasteiger partial charge in [0.25, 0.3) is 0 Å². The molecule has 0 aromatic rings. The highest BCUT2D eigenvalue weighted by atomic mass is 16.1. The first-order valence-corrected chi connectivity index (χ1v) is 2.53. The molecule has 0 saturated carbocycles. The number of hydrogen-bond acceptors (Lipinski definition) is 2. The predicted molar refractivity (Wildman–Crippen MR) is 33.5 cm³/mol. The molecular formula is C6H11NO. The van der Waals surface area contributed by atoms with Crippen molar-refractivity contribution in [1.82, 2.24) is 5.32 Å². The first-order valence-electron chi connectivity index (χ1n) is 2.53. The summed E-state index contributed by atoms with van der Waals surface area (Å²) in [6.07, 6.45) is 1.56. The van der Waals surface area contributed by atoms with E-state index in [1.54, 1.807) is 13.1 Å². The number of hydrogen-bond donors (Lipinski definition) is 1. The molecule has 46 valence electrons. The van der Waals surface area contributed by atoms with E-state index in [1.807, 2.05) is 6.92 Å². The summed E-state index contributed by atoms with van der Waals surface area (Å²) in [5.74, 6) is 0.0804. The van der Waals surface area contributed by atoms with Crippen LogP contribution in [0.4, 0.5) is 0 Å². The van der Waals surface area contributed by atoms with E-state index in [1.165, 1.54) is 6.92 Å². The third-order valence-corrected chi connectivity index (χ3v) is 0.814. The fraction of sp³-hybridized carbons (Fsp3) is 0.500. The second-order valence-electron chi connectivity index (χ2n) is 1.69. The molecule has 0 atom stereocenters. The number of ketones is 1. The number of allylic oxidation sites excluding steroid dienone is 2. The van der Waals surface area contributed by atoms with Crippen LogP contribution >= 0.6 is 0 Å². The van der Waals surface area contributed by atoms with Crippen LogP contribution in [0.1, 0.15) is 13.8 Å². The molecule has 0 radical (unpaired) electrons. The average molecular weight is 113 g/mol. The van der Waals surface area contributed by atoms with Crippen LogP contribution < -0.4 is 5.32 Å². The Hall–Kier alpha value is -0.790. The van der Waals surface area contributed by atoms with Crippen molar-refractivity contribution in [2.75, 3.05) is 7.05 Å². The monoisotopic (exact) mass is 113 g/mol. The van der Waals surface area contributed by atoms with E-state index in [2.05, 4.69) is 5.32 Å². The van der Waals surface area contributed by atoms with Gasteiger partial charge in [-0.1, -0.05) is 0 Å². The first kappa shape index (κ1) is 7.21. The molecule has 0 aliphatic carbocycles. The van der Waals surface area contributed by atoms with Gasteiger partial charge < -0.3 is 5.32 Å². The smallest absolute Gasteiger partial charge is 0.154 e. The number of rotatable bonds is 2. The molecule has 2 heteroatoms. The van der Waals surface area contributed by atoms with Crippen LogP contribution in [0.15, 0.2) is 11.8 Å². The summed E-state index contributed by atoms with van der Waals surface area (Å²) in [6, 6.07) is 0. The summed E-state index contributed by atoms with van der Waals surface area (Å²) in [7, 11) is 1.79. The van der Waals surface area contributed by atoms with Gasteiger partial charge >= 0.3 is 0 Å². The molecule has 0 unspecified atom stereocenters. The Morgan fingerprint density at radius 3 is 2.12 bits per heavy atom. The summed E-state index contributed by atoms with van der Waals surface area (Å²) >= 11 is 0. The van der Waals surface area contributed by atoms with Gasteiger partial charge in [0.15, 0.2) is 5.78 Å². The Balaban J connectivity index is 3.75. The first-order chi connectivity index (χ1) is 3.66. The third-order valence-electron chi connectivity index (χ3n) is 0.814. The molecule has 8 heavy (non-hydrogen) atoms. The highest BCUT2D eigenvalue weighted by molar-refractivity contribution is 5.87. The van der Waals surface area contributed by atoms with Gasteiger partial charge in [-0.3, -0.25) is 4.79 Å². The fourth-order valence-corrected chi connectivity index (χ4v) is 0.377. The van der Waals surface area contributed by atoms with Gasteiger partial charge in [-0.15, -0.1) is 0 Å². The van der Waals surface area contributed by atoms with Crippen LogP contribution in [0, 0.1) is 0 Å². The van der Waals surface area contributed by atoms with Crippen molar-refractivity contribution in [3.8, 4) is 0 Å². The normalized spacial score (nSPS) is 11.1. The van der Waals surface area contributed by atoms with E-state index in [0.29, 0.717) is 0 Å². The molecule has 0 aromatic heterocycles. The highest BCUT2D eigenvalue weighted by Gasteiger charge is 1.84. The zero-order valence-corrected chi connectivity index (χ0v) is 5.49. The number of carbonyl (C=O) groups excluding carboxylic acids is 1. The zero-order chi connectivity index (χ0) is 6.57. The molecular weight excluding hydrogens is 102 g/mol. The van der Waals surface area contributed by atoms with E-state index in [4.69, 9.17) is 0 Å². The molecule has 0 aromatic carbocycles. The van der Waals surface area contributed by atoms with Crippen molar-refractivity contribution in [2.45, 2.75) is 13.8 Å². The highest BCUT2D eigenvalue weighted by Crippen LogP contribution is 1.82. The molecule has 1 N–H and O–H groups in total. The number of nitrogens with one attached hydrogen (secondary N) is 1. The third kappa shape index (κ3) is 3.40.